The molecular weight excluding hydrogens is 224 g/mol. The Bertz CT molecular complexity index is 347. The van der Waals surface area contributed by atoms with Crippen molar-refractivity contribution in [2.24, 2.45) is 11.8 Å². The van der Waals surface area contributed by atoms with Crippen LogP contribution in [-0.4, -0.2) is 22.2 Å². The molecule has 1 aromatic heterocycles. The average molecular weight is 250 g/mol. The highest BCUT2D eigenvalue weighted by Gasteiger charge is 2.26. The molecule has 0 saturated heterocycles. The molecule has 0 radical (unpaired) electrons. The van der Waals surface area contributed by atoms with E-state index in [9.17, 15) is 5.11 Å². The molecule has 3 heteroatoms. The van der Waals surface area contributed by atoms with Crippen LogP contribution < -0.4 is 5.32 Å². The van der Waals surface area contributed by atoms with Crippen LogP contribution in [0.5, 0.6) is 0 Å². The molecule has 2 unspecified atom stereocenters. The van der Waals surface area contributed by atoms with Crippen LogP contribution in [0.3, 0.4) is 0 Å². The van der Waals surface area contributed by atoms with E-state index in [1.807, 2.05) is 33.0 Å². The molecule has 0 saturated carbocycles. The monoisotopic (exact) mass is 250 g/mol. The normalized spacial score (nSPS) is 16.9. The van der Waals surface area contributed by atoms with E-state index in [4.69, 9.17) is 0 Å². The summed E-state index contributed by atoms with van der Waals surface area (Å²) >= 11 is 0. The van der Waals surface area contributed by atoms with Gasteiger partial charge in [-0.15, -0.1) is 0 Å². The first-order chi connectivity index (χ1) is 8.34. The van der Waals surface area contributed by atoms with Gasteiger partial charge in [0, 0.05) is 25.0 Å². The second kappa shape index (κ2) is 6.30. The highest BCUT2D eigenvalue weighted by molar-refractivity contribution is 5.14. The first kappa shape index (κ1) is 15.1. The molecule has 0 fully saturated rings. The van der Waals surface area contributed by atoms with Gasteiger partial charge >= 0.3 is 0 Å². The minimum atomic E-state index is -0.685. The van der Waals surface area contributed by atoms with Crippen LogP contribution >= 0.6 is 0 Å². The largest absolute Gasteiger partial charge is 0.389 e. The van der Waals surface area contributed by atoms with Gasteiger partial charge in [0.05, 0.1) is 5.60 Å². The summed E-state index contributed by atoms with van der Waals surface area (Å²) in [6.45, 7) is 10.9. The second-order valence-corrected chi connectivity index (χ2v) is 5.90. The lowest BCUT2D eigenvalue weighted by Gasteiger charge is -2.32. The predicted octanol–water partition coefficient (Wildman–Crippen LogP) is 2.78. The van der Waals surface area contributed by atoms with Gasteiger partial charge in [-0.25, -0.2) is 0 Å². The van der Waals surface area contributed by atoms with Gasteiger partial charge in [-0.3, -0.25) is 4.98 Å². The maximum absolute atomic E-state index is 10.3. The van der Waals surface area contributed by atoms with Crippen molar-refractivity contribution >= 4 is 0 Å². The summed E-state index contributed by atoms with van der Waals surface area (Å²) in [6, 6.07) is 4.26. The van der Waals surface area contributed by atoms with Crippen LogP contribution in [-0.2, 0) is 0 Å². The Hall–Kier alpha value is -0.930. The number of hydrogen-bond acceptors (Lipinski definition) is 3. The van der Waals surface area contributed by atoms with Crippen LogP contribution in [0.15, 0.2) is 24.5 Å². The molecule has 0 aliphatic heterocycles. The summed E-state index contributed by atoms with van der Waals surface area (Å²) in [6.07, 6.45) is 3.67. The number of rotatable bonds is 6. The van der Waals surface area contributed by atoms with Gasteiger partial charge in [0.15, 0.2) is 0 Å². The summed E-state index contributed by atoms with van der Waals surface area (Å²) in [5.41, 5.74) is 0.488. The Morgan fingerprint density at radius 2 is 2.00 bits per heavy atom. The second-order valence-electron chi connectivity index (χ2n) is 5.90. The first-order valence-electron chi connectivity index (χ1n) is 6.70. The molecule has 0 amide bonds. The minimum absolute atomic E-state index is 0.226. The van der Waals surface area contributed by atoms with Crippen LogP contribution in [0.25, 0.3) is 0 Å². The molecule has 1 heterocycles. The highest BCUT2D eigenvalue weighted by atomic mass is 16.3. The lowest BCUT2D eigenvalue weighted by molar-refractivity contribution is 0.0104. The van der Waals surface area contributed by atoms with Gasteiger partial charge in [-0.05, 0) is 30.4 Å². The van der Waals surface area contributed by atoms with E-state index in [1.165, 1.54) is 5.56 Å². The summed E-state index contributed by atoms with van der Waals surface area (Å²) in [7, 11) is 0. The zero-order valence-corrected chi connectivity index (χ0v) is 12.1. The zero-order chi connectivity index (χ0) is 13.8. The number of nitrogens with one attached hydrogen (secondary N) is 1. The molecular formula is C15H26N2O. The summed E-state index contributed by atoms with van der Waals surface area (Å²) in [5.74, 6) is 0.684. The summed E-state index contributed by atoms with van der Waals surface area (Å²) in [4.78, 5) is 4.17. The fourth-order valence-electron chi connectivity index (χ4n) is 1.82. The van der Waals surface area contributed by atoms with E-state index in [-0.39, 0.29) is 12.0 Å². The third-order valence-electron chi connectivity index (χ3n) is 3.63. The molecule has 2 N–H and O–H groups in total. The van der Waals surface area contributed by atoms with Gasteiger partial charge in [-0.1, -0.05) is 33.8 Å². The van der Waals surface area contributed by atoms with E-state index in [0.717, 1.165) is 0 Å². The first-order valence-corrected chi connectivity index (χ1v) is 6.70. The Morgan fingerprint density at radius 3 is 2.44 bits per heavy atom. The molecule has 0 spiro atoms. The smallest absolute Gasteiger partial charge is 0.0766 e. The van der Waals surface area contributed by atoms with Gasteiger partial charge in [-0.2, -0.15) is 0 Å². The summed E-state index contributed by atoms with van der Waals surface area (Å²) < 4.78 is 0. The number of nitrogens with zero attached hydrogens (tertiary/aromatic N) is 1. The lowest BCUT2D eigenvalue weighted by Crippen LogP contribution is -2.44. The van der Waals surface area contributed by atoms with Gasteiger partial charge < -0.3 is 10.4 Å². The predicted molar refractivity (Wildman–Crippen MR) is 75.3 cm³/mol. The Labute approximate surface area is 111 Å². The molecule has 0 aliphatic carbocycles. The average Bonchev–Trinajstić information content (AvgIpc) is 2.29. The molecule has 18 heavy (non-hydrogen) atoms. The molecule has 2 atom stereocenters. The van der Waals surface area contributed by atoms with Crippen LogP contribution in [0.2, 0.25) is 0 Å². The number of hydrogen-bond donors (Lipinski definition) is 2. The maximum atomic E-state index is 10.3. The standard InChI is InChI=1S/C15H26N2O/c1-11(2)14(13-7-6-8-16-9-13)17-10-15(5,18)12(3)4/h6-9,11-12,14,17-18H,10H2,1-5H3. The fraction of sp³-hybridized carbons (Fsp3) is 0.667. The van der Waals surface area contributed by atoms with E-state index in [2.05, 4.69) is 30.2 Å². The number of pyridine rings is 1. The molecule has 0 bridgehead atoms. The van der Waals surface area contributed by atoms with Crippen LogP contribution in [0, 0.1) is 11.8 Å². The third-order valence-corrected chi connectivity index (χ3v) is 3.63. The molecule has 0 aliphatic rings. The molecule has 0 aromatic carbocycles. The van der Waals surface area contributed by atoms with Crippen molar-refractivity contribution in [3.63, 3.8) is 0 Å². The quantitative estimate of drug-likeness (QED) is 0.816. The van der Waals surface area contributed by atoms with Crippen molar-refractivity contribution in [3.8, 4) is 0 Å². The summed E-state index contributed by atoms with van der Waals surface area (Å²) in [5, 5.41) is 13.8. The zero-order valence-electron chi connectivity index (χ0n) is 12.1. The Morgan fingerprint density at radius 1 is 1.33 bits per heavy atom. The Balaban J connectivity index is 2.72. The van der Waals surface area contributed by atoms with Crippen LogP contribution in [0.1, 0.15) is 46.2 Å². The molecule has 1 aromatic rings. The van der Waals surface area contributed by atoms with Crippen molar-refractivity contribution < 1.29 is 5.11 Å². The lowest BCUT2D eigenvalue weighted by atomic mass is 9.90. The van der Waals surface area contributed by atoms with E-state index in [1.54, 1.807) is 6.20 Å². The van der Waals surface area contributed by atoms with Crippen LogP contribution in [0.4, 0.5) is 0 Å². The topological polar surface area (TPSA) is 45.1 Å². The van der Waals surface area contributed by atoms with Gasteiger partial charge in [0.1, 0.15) is 0 Å². The third kappa shape index (κ3) is 4.07. The van der Waals surface area contributed by atoms with Crippen molar-refractivity contribution in [1.29, 1.82) is 0 Å². The van der Waals surface area contributed by atoms with E-state index >= 15 is 0 Å². The van der Waals surface area contributed by atoms with Crippen molar-refractivity contribution in [3.05, 3.63) is 30.1 Å². The Kier molecular flexibility index (Phi) is 5.29. The SMILES string of the molecule is CC(C)C(NCC(C)(O)C(C)C)c1cccnc1. The minimum Gasteiger partial charge on any atom is -0.389 e. The van der Waals surface area contributed by atoms with Crippen molar-refractivity contribution in [2.75, 3.05) is 6.54 Å². The molecule has 1 rings (SSSR count). The van der Waals surface area contributed by atoms with Gasteiger partial charge in [0.2, 0.25) is 0 Å². The van der Waals surface area contributed by atoms with E-state index in [0.29, 0.717) is 12.5 Å². The fourth-order valence-corrected chi connectivity index (χ4v) is 1.82. The molecule has 102 valence electrons. The molecule has 3 nitrogen and oxygen atoms in total. The van der Waals surface area contributed by atoms with Crippen molar-refractivity contribution in [1.82, 2.24) is 10.3 Å². The number of aliphatic hydroxyl groups is 1. The van der Waals surface area contributed by atoms with E-state index < -0.39 is 5.60 Å². The maximum Gasteiger partial charge on any atom is 0.0766 e. The highest BCUT2D eigenvalue weighted by Crippen LogP contribution is 2.23. The number of aromatic nitrogens is 1. The van der Waals surface area contributed by atoms with Crippen molar-refractivity contribution in [2.45, 2.75) is 46.3 Å². The van der Waals surface area contributed by atoms with Gasteiger partial charge in [0.25, 0.3) is 0 Å².